The van der Waals surface area contributed by atoms with Gasteiger partial charge in [0, 0.05) is 81.1 Å². The van der Waals surface area contributed by atoms with Crippen LogP contribution in [-0.4, -0.2) is 54.2 Å². The molecule has 2 bridgehead atoms. The number of hydrogen-bond acceptors (Lipinski definition) is 9. The van der Waals surface area contributed by atoms with E-state index in [0.29, 0.717) is 5.92 Å². The summed E-state index contributed by atoms with van der Waals surface area (Å²) >= 11 is 16.3. The van der Waals surface area contributed by atoms with Crippen molar-refractivity contribution in [1.29, 1.82) is 0 Å². The maximum Gasteiger partial charge on any atom is 0.0362 e. The zero-order chi connectivity index (χ0) is 33.0. The van der Waals surface area contributed by atoms with Crippen LogP contribution in [0.4, 0.5) is 19.8 Å². The van der Waals surface area contributed by atoms with E-state index < -0.39 is 0 Å². The molecule has 2 aromatic rings. The molecule has 0 fully saturated rings. The third kappa shape index (κ3) is 30.3. The Morgan fingerprint density at radius 1 is 0.776 bits per heavy atom. The standard InChI is InChI=1S/C16H27NS2.C13H19NS2.C7H17NS2.Ar.3FH/c1-4-7-8-9-17-14-11-15(18-6-3)13-16(12-14)19-10-5-2;14-7-2-1-4-11-9-15-12-5-3-6-13(8-12)16-10-11;8-4-2-1-3-7(5-9)6-10;;;;/h11-13,17H,4-10H2,1-3H3;3,5-6,8,11H,1-2,4,7,9-10,14H2;7,9-10H,1-6,8H2;;3*1H. The number of unbranched alkanes of at least 4 members (excludes halogenated alkanes) is 4. The van der Waals surface area contributed by atoms with E-state index in [4.69, 9.17) is 11.5 Å². The molecule has 0 atom stereocenters. The van der Waals surface area contributed by atoms with Crippen molar-refractivity contribution in [3.05, 3.63) is 42.5 Å². The summed E-state index contributed by atoms with van der Waals surface area (Å²) in [5, 5.41) is 3.57. The second-order valence-electron chi connectivity index (χ2n) is 11.4. The quantitative estimate of drug-likeness (QED) is 0.0518. The number of thioether (sulfide) groups is 4. The Hall–Kier alpha value is 1.31. The molecule has 2 aromatic carbocycles. The minimum Gasteiger partial charge on any atom is -0.385 e. The van der Waals surface area contributed by atoms with Gasteiger partial charge in [0.1, 0.15) is 0 Å². The summed E-state index contributed by atoms with van der Waals surface area (Å²) in [6.07, 6.45) is 12.5. The Morgan fingerprint density at radius 2 is 1.37 bits per heavy atom. The van der Waals surface area contributed by atoms with Gasteiger partial charge in [-0.1, -0.05) is 52.5 Å². The summed E-state index contributed by atoms with van der Waals surface area (Å²) in [5.74, 6) is 8.30. The molecule has 49 heavy (non-hydrogen) atoms. The molecule has 13 heteroatoms. The first-order chi connectivity index (χ1) is 22.0. The SMILES string of the molecule is CCCCCNc1cc(SCC)cc(SCCC)c1.F.F.F.NCCCCC(CS)CS.NCCCCC1CSc2cccc(c2)SC1.[Ar]. The molecule has 0 saturated heterocycles. The van der Waals surface area contributed by atoms with Crippen LogP contribution in [0.5, 0.6) is 0 Å². The van der Waals surface area contributed by atoms with Crippen molar-refractivity contribution < 1.29 is 51.9 Å². The Balaban J connectivity index is -0.000000310. The smallest absolute Gasteiger partial charge is 0.0362 e. The fourth-order valence-electron chi connectivity index (χ4n) is 4.53. The number of halogens is 3. The second kappa shape index (κ2) is 40.5. The molecule has 1 heterocycles. The third-order valence-corrected chi connectivity index (χ3v) is 12.7. The van der Waals surface area contributed by atoms with Crippen molar-refractivity contribution in [2.75, 3.05) is 59.5 Å². The minimum absolute atomic E-state index is 0. The average molecular weight is 830 g/mol. The molecular formula is C36H66ArF3N3S6. The molecule has 5 N–H and O–H groups in total. The Labute approximate surface area is 356 Å². The number of nitrogens with two attached hydrogens (primary N) is 2. The minimum atomic E-state index is 0. The van der Waals surface area contributed by atoms with Gasteiger partial charge in [0.2, 0.25) is 0 Å². The van der Waals surface area contributed by atoms with E-state index in [1.54, 1.807) is 0 Å². The van der Waals surface area contributed by atoms with Crippen LogP contribution in [0.2, 0.25) is 0 Å². The molecule has 0 amide bonds. The number of nitrogens with one attached hydrogen (secondary N) is 1. The molecule has 0 aromatic heterocycles. The van der Waals surface area contributed by atoms with E-state index in [-0.39, 0.29) is 51.9 Å². The fourth-order valence-corrected chi connectivity index (χ4v) is 9.46. The van der Waals surface area contributed by atoms with Crippen molar-refractivity contribution in [2.45, 2.75) is 105 Å². The first-order valence-electron chi connectivity index (χ1n) is 17.1. The van der Waals surface area contributed by atoms with Crippen LogP contribution in [0.3, 0.4) is 0 Å². The summed E-state index contributed by atoms with van der Waals surface area (Å²) in [4.78, 5) is 5.64. The molecule has 0 saturated carbocycles. The zero-order valence-corrected chi connectivity index (χ0v) is 35.7. The van der Waals surface area contributed by atoms with Gasteiger partial charge >= 0.3 is 0 Å². The van der Waals surface area contributed by atoms with Crippen molar-refractivity contribution in [3.8, 4) is 0 Å². The molecule has 0 spiro atoms. The number of thiol groups is 2. The Morgan fingerprint density at radius 3 is 1.90 bits per heavy atom. The van der Waals surface area contributed by atoms with Crippen LogP contribution >= 0.6 is 72.3 Å². The van der Waals surface area contributed by atoms with Crippen LogP contribution in [-0.2, 0) is 0 Å². The van der Waals surface area contributed by atoms with Crippen molar-refractivity contribution in [2.24, 2.45) is 23.3 Å². The van der Waals surface area contributed by atoms with Gasteiger partial charge < -0.3 is 16.8 Å². The van der Waals surface area contributed by atoms with Crippen LogP contribution in [0.1, 0.15) is 85.0 Å². The van der Waals surface area contributed by atoms with E-state index in [1.165, 1.54) is 100 Å². The average Bonchev–Trinajstić information content (AvgIpc) is 3.05. The maximum atomic E-state index is 5.54. The summed E-state index contributed by atoms with van der Waals surface area (Å²) in [5.41, 5.74) is 12.2. The van der Waals surface area contributed by atoms with Gasteiger partial charge in [0.25, 0.3) is 0 Å². The summed E-state index contributed by atoms with van der Waals surface area (Å²) < 4.78 is 0. The van der Waals surface area contributed by atoms with Crippen molar-refractivity contribution in [3.63, 3.8) is 0 Å². The van der Waals surface area contributed by atoms with Crippen LogP contribution in [0, 0.1) is 49.6 Å². The maximum absolute atomic E-state index is 5.54. The van der Waals surface area contributed by atoms with E-state index in [0.717, 1.165) is 49.2 Å². The number of rotatable bonds is 20. The molecule has 3 nitrogen and oxygen atoms in total. The van der Waals surface area contributed by atoms with Crippen molar-refractivity contribution >= 4 is 78.0 Å². The number of hydrogen-bond donors (Lipinski definition) is 5. The fraction of sp³-hybridized carbons (Fsp3) is 0.667. The topological polar surface area (TPSA) is 64.1 Å². The van der Waals surface area contributed by atoms with Crippen LogP contribution < -0.4 is 16.8 Å². The number of anilines is 1. The van der Waals surface area contributed by atoms with Gasteiger partial charge in [-0.3, -0.25) is 14.1 Å². The number of fused-ring (bicyclic) bond motifs is 2. The van der Waals surface area contributed by atoms with Crippen molar-refractivity contribution in [1.82, 2.24) is 0 Å². The van der Waals surface area contributed by atoms with E-state index in [1.807, 2.05) is 47.0 Å². The van der Waals surface area contributed by atoms with Gasteiger partial charge in [0.05, 0.1) is 0 Å². The normalized spacial score (nSPS) is 11.8. The summed E-state index contributed by atoms with van der Waals surface area (Å²) in [6, 6.07) is 15.8. The zero-order valence-electron chi connectivity index (χ0n) is 29.9. The molecule has 1 aliphatic rings. The molecule has 3 rings (SSSR count). The Kier molecular flexibility index (Phi) is 47.1. The summed E-state index contributed by atoms with van der Waals surface area (Å²) in [7, 11) is 0. The van der Waals surface area contributed by atoms with E-state index >= 15 is 0 Å². The summed E-state index contributed by atoms with van der Waals surface area (Å²) in [6.45, 7) is 9.44. The van der Waals surface area contributed by atoms with Gasteiger partial charge in [0.15, 0.2) is 0 Å². The molecule has 0 radical (unpaired) electrons. The first kappa shape index (κ1) is 57.0. The number of benzene rings is 2. The van der Waals surface area contributed by atoms with Gasteiger partial charge in [-0.2, -0.15) is 25.3 Å². The largest absolute Gasteiger partial charge is 0.385 e. The van der Waals surface area contributed by atoms with Gasteiger partial charge in [-0.15, -0.1) is 47.0 Å². The Bertz CT molecular complexity index is 960. The monoisotopic (exact) mass is 829 g/mol. The molecule has 0 unspecified atom stereocenters. The first-order valence-corrected chi connectivity index (χ1v) is 22.4. The second-order valence-corrected chi connectivity index (χ2v) is 16.8. The molecule has 1 aliphatic heterocycles. The van der Waals surface area contributed by atoms with Gasteiger partial charge in [-0.05, 0) is 123 Å². The van der Waals surface area contributed by atoms with Crippen LogP contribution in [0.25, 0.3) is 0 Å². The predicted octanol–water partition coefficient (Wildman–Crippen LogP) is 11.6. The van der Waals surface area contributed by atoms with Crippen LogP contribution in [0.15, 0.2) is 62.0 Å². The van der Waals surface area contributed by atoms with Gasteiger partial charge in [-0.25, -0.2) is 0 Å². The molecule has 0 aliphatic carbocycles. The molecule has 290 valence electrons. The predicted molar refractivity (Wildman–Crippen MR) is 228 cm³/mol. The van der Waals surface area contributed by atoms with E-state index in [2.05, 4.69) is 93.8 Å². The third-order valence-electron chi connectivity index (χ3n) is 7.20. The molecular weight excluding hydrogens is 764 g/mol. The van der Waals surface area contributed by atoms with E-state index in [9.17, 15) is 0 Å².